The summed E-state index contributed by atoms with van der Waals surface area (Å²) in [5, 5.41) is 10.7. The zero-order valence-corrected chi connectivity index (χ0v) is 11.1. The van der Waals surface area contributed by atoms with Crippen LogP contribution in [0, 0.1) is 13.8 Å². The highest BCUT2D eigenvalue weighted by molar-refractivity contribution is 5.77. The zero-order valence-electron chi connectivity index (χ0n) is 11.1. The minimum absolute atomic E-state index is 0.409. The molecule has 1 unspecified atom stereocenters. The van der Waals surface area contributed by atoms with Crippen LogP contribution in [0.4, 0.5) is 13.2 Å². The highest BCUT2D eigenvalue weighted by Gasteiger charge is 2.38. The van der Waals surface area contributed by atoms with Crippen LogP contribution in [0.2, 0.25) is 0 Å². The Balaban J connectivity index is 2.40. The quantitative estimate of drug-likeness (QED) is 0.868. The lowest BCUT2D eigenvalue weighted by molar-refractivity contribution is -0.201. The Morgan fingerprint density at radius 2 is 1.85 bits per heavy atom. The second-order valence-electron chi connectivity index (χ2n) is 4.47. The monoisotopic (exact) mass is 291 g/mol. The molecule has 0 aliphatic heterocycles. The van der Waals surface area contributed by atoms with Gasteiger partial charge in [-0.15, -0.1) is 0 Å². The minimum Gasteiger partial charge on any atom is -0.484 e. The van der Waals surface area contributed by atoms with E-state index >= 15 is 0 Å². The van der Waals surface area contributed by atoms with Gasteiger partial charge in [0.05, 0.1) is 6.54 Å². The molecule has 0 saturated heterocycles. The molecule has 1 amide bonds. The number of aliphatic hydroxyl groups is 1. The summed E-state index contributed by atoms with van der Waals surface area (Å²) < 4.78 is 41.2. The van der Waals surface area contributed by atoms with Crippen molar-refractivity contribution < 1.29 is 27.8 Å². The minimum atomic E-state index is -4.75. The summed E-state index contributed by atoms with van der Waals surface area (Å²) in [6.45, 7) is 2.42. The third-order valence-electron chi connectivity index (χ3n) is 2.44. The number of carbonyl (C=O) groups excluding carboxylic acids is 1. The fourth-order valence-electron chi connectivity index (χ4n) is 1.54. The number of aliphatic hydroxyl groups excluding tert-OH is 1. The average molecular weight is 291 g/mol. The van der Waals surface area contributed by atoms with Gasteiger partial charge in [0.25, 0.3) is 5.91 Å². The summed E-state index contributed by atoms with van der Waals surface area (Å²) in [5.41, 5.74) is 1.90. The molecule has 7 heteroatoms. The molecule has 0 bridgehead atoms. The Labute approximate surface area is 114 Å². The molecule has 0 fully saturated rings. The number of benzene rings is 1. The van der Waals surface area contributed by atoms with Gasteiger partial charge in [0.1, 0.15) is 5.75 Å². The Bertz CT molecular complexity index is 454. The summed E-state index contributed by atoms with van der Waals surface area (Å²) >= 11 is 0. The fourth-order valence-corrected chi connectivity index (χ4v) is 1.54. The van der Waals surface area contributed by atoms with E-state index in [4.69, 9.17) is 9.84 Å². The van der Waals surface area contributed by atoms with Crippen LogP contribution in [-0.2, 0) is 4.79 Å². The van der Waals surface area contributed by atoms with Gasteiger partial charge in [-0.1, -0.05) is 6.07 Å². The van der Waals surface area contributed by atoms with Gasteiger partial charge in [-0.05, 0) is 37.1 Å². The van der Waals surface area contributed by atoms with Gasteiger partial charge in [0.2, 0.25) is 0 Å². The first-order valence-corrected chi connectivity index (χ1v) is 5.91. The van der Waals surface area contributed by atoms with Crippen molar-refractivity contribution >= 4 is 5.91 Å². The number of amides is 1. The maximum Gasteiger partial charge on any atom is 0.416 e. The predicted octanol–water partition coefficient (Wildman–Crippen LogP) is 1.72. The van der Waals surface area contributed by atoms with Crippen molar-refractivity contribution in [2.75, 3.05) is 13.2 Å². The van der Waals surface area contributed by atoms with Crippen LogP contribution in [-0.4, -0.2) is 36.4 Å². The van der Waals surface area contributed by atoms with Crippen molar-refractivity contribution in [1.29, 1.82) is 0 Å². The molecule has 0 spiro atoms. The number of carbonyl (C=O) groups is 1. The molecule has 0 aliphatic rings. The van der Waals surface area contributed by atoms with Crippen LogP contribution < -0.4 is 10.1 Å². The molecule has 1 aromatic carbocycles. The van der Waals surface area contributed by atoms with Gasteiger partial charge in [0.15, 0.2) is 12.7 Å². The fraction of sp³-hybridized carbons (Fsp3) is 0.462. The summed E-state index contributed by atoms with van der Waals surface area (Å²) in [4.78, 5) is 11.3. The Morgan fingerprint density at radius 1 is 1.30 bits per heavy atom. The van der Waals surface area contributed by atoms with Crippen LogP contribution in [0.3, 0.4) is 0 Å². The third kappa shape index (κ3) is 5.48. The van der Waals surface area contributed by atoms with E-state index in [0.717, 1.165) is 11.1 Å². The molecule has 1 aromatic rings. The third-order valence-corrected chi connectivity index (χ3v) is 2.44. The molecule has 1 rings (SSSR count). The zero-order chi connectivity index (χ0) is 15.3. The summed E-state index contributed by atoms with van der Waals surface area (Å²) in [5.74, 6) is -0.263. The molecule has 20 heavy (non-hydrogen) atoms. The number of halogens is 3. The standard InChI is InChI=1S/C13H16F3NO3/c1-8-3-9(2)5-10(4-8)20-7-12(19)17-6-11(18)13(14,15)16/h3-5,11,18H,6-7H2,1-2H3,(H,17,19). The SMILES string of the molecule is Cc1cc(C)cc(OCC(=O)NCC(O)C(F)(F)F)c1. The number of alkyl halides is 3. The molecular formula is C13H16F3NO3. The molecule has 0 aliphatic carbocycles. The highest BCUT2D eigenvalue weighted by atomic mass is 19.4. The maximum atomic E-state index is 12.0. The van der Waals surface area contributed by atoms with Gasteiger partial charge >= 0.3 is 6.18 Å². The molecule has 0 radical (unpaired) electrons. The van der Waals surface area contributed by atoms with Gasteiger partial charge in [-0.3, -0.25) is 4.79 Å². The van der Waals surface area contributed by atoms with Gasteiger partial charge in [-0.2, -0.15) is 13.2 Å². The van der Waals surface area contributed by atoms with E-state index in [1.807, 2.05) is 25.2 Å². The Kier molecular flexibility index (Phi) is 5.38. The molecular weight excluding hydrogens is 275 g/mol. The lowest BCUT2D eigenvalue weighted by atomic mass is 10.1. The Hall–Kier alpha value is -1.76. The van der Waals surface area contributed by atoms with Crippen molar-refractivity contribution in [2.45, 2.75) is 26.1 Å². The number of rotatable bonds is 5. The summed E-state index contributed by atoms with van der Waals surface area (Å²) in [6, 6.07) is 5.35. The first-order chi connectivity index (χ1) is 9.18. The van der Waals surface area contributed by atoms with E-state index in [0.29, 0.717) is 5.75 Å². The lowest BCUT2D eigenvalue weighted by Crippen LogP contribution is -2.42. The van der Waals surface area contributed by atoms with E-state index in [1.165, 1.54) is 0 Å². The average Bonchev–Trinajstić information content (AvgIpc) is 2.31. The van der Waals surface area contributed by atoms with E-state index in [1.54, 1.807) is 12.1 Å². The van der Waals surface area contributed by atoms with Crippen LogP contribution >= 0.6 is 0 Å². The number of ether oxygens (including phenoxy) is 1. The number of hydrogen-bond acceptors (Lipinski definition) is 3. The molecule has 2 N–H and O–H groups in total. The number of aryl methyl sites for hydroxylation is 2. The normalized spacial score (nSPS) is 12.9. The van der Waals surface area contributed by atoms with Gasteiger partial charge < -0.3 is 15.2 Å². The number of nitrogens with one attached hydrogen (secondary N) is 1. The van der Waals surface area contributed by atoms with E-state index in [9.17, 15) is 18.0 Å². The van der Waals surface area contributed by atoms with Crippen LogP contribution in [0.25, 0.3) is 0 Å². The maximum absolute atomic E-state index is 12.0. The van der Waals surface area contributed by atoms with Gasteiger partial charge in [0, 0.05) is 0 Å². The molecule has 4 nitrogen and oxygen atoms in total. The van der Waals surface area contributed by atoms with Gasteiger partial charge in [-0.25, -0.2) is 0 Å². The number of hydrogen-bond donors (Lipinski definition) is 2. The highest BCUT2D eigenvalue weighted by Crippen LogP contribution is 2.19. The summed E-state index contributed by atoms with van der Waals surface area (Å²) in [7, 11) is 0. The molecule has 112 valence electrons. The van der Waals surface area contributed by atoms with E-state index in [2.05, 4.69) is 0 Å². The summed E-state index contributed by atoms with van der Waals surface area (Å²) in [6.07, 6.45) is -7.32. The second kappa shape index (κ2) is 6.60. The van der Waals surface area contributed by atoms with Crippen LogP contribution in [0.5, 0.6) is 5.75 Å². The first kappa shape index (κ1) is 16.3. The van der Waals surface area contributed by atoms with Crippen molar-refractivity contribution in [3.63, 3.8) is 0 Å². The van der Waals surface area contributed by atoms with E-state index in [-0.39, 0.29) is 0 Å². The van der Waals surface area contributed by atoms with Crippen LogP contribution in [0.15, 0.2) is 18.2 Å². The van der Waals surface area contributed by atoms with Crippen molar-refractivity contribution in [1.82, 2.24) is 5.32 Å². The second-order valence-corrected chi connectivity index (χ2v) is 4.47. The van der Waals surface area contributed by atoms with Crippen molar-refractivity contribution in [3.8, 4) is 5.75 Å². The predicted molar refractivity (Wildman–Crippen MR) is 66.5 cm³/mol. The molecule has 0 saturated carbocycles. The van der Waals surface area contributed by atoms with Crippen molar-refractivity contribution in [3.05, 3.63) is 29.3 Å². The molecule has 1 atom stereocenters. The lowest BCUT2D eigenvalue weighted by Gasteiger charge is -2.15. The topological polar surface area (TPSA) is 58.6 Å². The molecule has 0 aromatic heterocycles. The van der Waals surface area contributed by atoms with Crippen LogP contribution in [0.1, 0.15) is 11.1 Å². The molecule has 0 heterocycles. The van der Waals surface area contributed by atoms with E-state index < -0.39 is 31.3 Å². The largest absolute Gasteiger partial charge is 0.484 e. The first-order valence-electron chi connectivity index (χ1n) is 5.91. The van der Waals surface area contributed by atoms with Crippen molar-refractivity contribution in [2.24, 2.45) is 0 Å². The Morgan fingerprint density at radius 3 is 2.35 bits per heavy atom. The smallest absolute Gasteiger partial charge is 0.416 e.